The average molecular weight is 427 g/mol. The first-order chi connectivity index (χ1) is 13.9. The number of hydrogen-bond acceptors (Lipinski definition) is 4. The maximum absolute atomic E-state index is 12.4. The van der Waals surface area contributed by atoms with Gasteiger partial charge in [0, 0.05) is 23.1 Å². The second kappa shape index (κ2) is 9.58. The van der Waals surface area contributed by atoms with Crippen LogP contribution in [0.25, 0.3) is 0 Å². The molecule has 7 heteroatoms. The standard InChI is InChI=1S/C22H19ClN2O3S/c1-15-5-4-6-16(13-15)11-12-24-22(26)17-9-10-21(19(14-17)25(27)28)29-20-8-3-2-7-18(20)23/h2-10,13-14H,11-12H2,1H3,(H,24,26). The number of nitro benzene ring substituents is 1. The highest BCUT2D eigenvalue weighted by molar-refractivity contribution is 7.99. The Hall–Kier alpha value is -2.83. The molecule has 0 aliphatic heterocycles. The molecule has 0 aromatic heterocycles. The van der Waals surface area contributed by atoms with E-state index in [-0.39, 0.29) is 17.2 Å². The van der Waals surface area contributed by atoms with E-state index in [2.05, 4.69) is 11.4 Å². The second-order valence-electron chi connectivity index (χ2n) is 6.47. The van der Waals surface area contributed by atoms with Gasteiger partial charge in [-0.1, -0.05) is 65.3 Å². The summed E-state index contributed by atoms with van der Waals surface area (Å²) in [6.45, 7) is 2.47. The van der Waals surface area contributed by atoms with Crippen LogP contribution < -0.4 is 5.32 Å². The van der Waals surface area contributed by atoms with Crippen LogP contribution in [-0.2, 0) is 6.42 Å². The van der Waals surface area contributed by atoms with E-state index in [1.807, 2.05) is 31.2 Å². The number of rotatable bonds is 7. The lowest BCUT2D eigenvalue weighted by molar-refractivity contribution is -0.387. The molecule has 1 amide bonds. The number of carbonyl (C=O) groups is 1. The molecular formula is C22H19ClN2O3S. The molecule has 0 spiro atoms. The van der Waals surface area contributed by atoms with E-state index in [0.717, 1.165) is 11.1 Å². The predicted octanol–water partition coefficient (Wildman–Crippen LogP) is 5.68. The zero-order valence-electron chi connectivity index (χ0n) is 15.7. The molecule has 29 heavy (non-hydrogen) atoms. The Bertz CT molecular complexity index is 1060. The molecule has 0 bridgehead atoms. The van der Waals surface area contributed by atoms with Crippen LogP contribution in [0.5, 0.6) is 0 Å². The lowest BCUT2D eigenvalue weighted by atomic mass is 10.1. The zero-order valence-corrected chi connectivity index (χ0v) is 17.3. The molecule has 148 valence electrons. The summed E-state index contributed by atoms with van der Waals surface area (Å²) in [5.74, 6) is -0.338. The van der Waals surface area contributed by atoms with Gasteiger partial charge in [0.05, 0.1) is 14.8 Å². The van der Waals surface area contributed by atoms with E-state index in [1.165, 1.54) is 17.8 Å². The highest BCUT2D eigenvalue weighted by atomic mass is 35.5. The van der Waals surface area contributed by atoms with Crippen molar-refractivity contribution in [3.8, 4) is 0 Å². The van der Waals surface area contributed by atoms with Crippen LogP contribution in [0.2, 0.25) is 5.02 Å². The molecule has 3 aromatic carbocycles. The summed E-state index contributed by atoms with van der Waals surface area (Å²) in [5.41, 5.74) is 2.42. The van der Waals surface area contributed by atoms with Gasteiger partial charge in [-0.15, -0.1) is 0 Å². The highest BCUT2D eigenvalue weighted by Gasteiger charge is 2.19. The fourth-order valence-corrected chi connectivity index (χ4v) is 4.00. The molecule has 0 saturated carbocycles. The number of carbonyl (C=O) groups excluding carboxylic acids is 1. The van der Waals surface area contributed by atoms with Crippen molar-refractivity contribution in [1.29, 1.82) is 0 Å². The van der Waals surface area contributed by atoms with Crippen LogP contribution >= 0.6 is 23.4 Å². The van der Waals surface area contributed by atoms with Crippen LogP contribution in [0.1, 0.15) is 21.5 Å². The second-order valence-corrected chi connectivity index (χ2v) is 7.96. The van der Waals surface area contributed by atoms with E-state index in [1.54, 1.807) is 30.3 Å². The topological polar surface area (TPSA) is 72.2 Å². The van der Waals surface area contributed by atoms with Crippen molar-refractivity contribution in [3.63, 3.8) is 0 Å². The van der Waals surface area contributed by atoms with Crippen molar-refractivity contribution in [2.75, 3.05) is 6.54 Å². The highest BCUT2D eigenvalue weighted by Crippen LogP contribution is 2.38. The van der Waals surface area contributed by atoms with Crippen molar-refractivity contribution >= 4 is 35.0 Å². The van der Waals surface area contributed by atoms with E-state index in [9.17, 15) is 14.9 Å². The summed E-state index contributed by atoms with van der Waals surface area (Å²) in [7, 11) is 0. The zero-order chi connectivity index (χ0) is 20.8. The Morgan fingerprint density at radius 3 is 2.59 bits per heavy atom. The fraction of sp³-hybridized carbons (Fsp3) is 0.136. The molecular weight excluding hydrogens is 408 g/mol. The minimum atomic E-state index is -0.483. The monoisotopic (exact) mass is 426 g/mol. The van der Waals surface area contributed by atoms with Gasteiger partial charge in [-0.25, -0.2) is 0 Å². The van der Waals surface area contributed by atoms with Crippen LogP contribution in [-0.4, -0.2) is 17.4 Å². The third-order valence-electron chi connectivity index (χ3n) is 4.26. The Morgan fingerprint density at radius 1 is 1.07 bits per heavy atom. The van der Waals surface area contributed by atoms with Gasteiger partial charge in [-0.2, -0.15) is 0 Å². The first-order valence-electron chi connectivity index (χ1n) is 8.98. The number of aryl methyl sites for hydroxylation is 1. The van der Waals surface area contributed by atoms with Crippen molar-refractivity contribution < 1.29 is 9.72 Å². The quantitative estimate of drug-likeness (QED) is 0.389. The predicted molar refractivity (Wildman–Crippen MR) is 116 cm³/mol. The minimum absolute atomic E-state index is 0.124. The molecule has 0 saturated heterocycles. The smallest absolute Gasteiger partial charge is 0.284 e. The lowest BCUT2D eigenvalue weighted by Crippen LogP contribution is -2.25. The van der Waals surface area contributed by atoms with Gasteiger partial charge in [0.2, 0.25) is 0 Å². The van der Waals surface area contributed by atoms with Crippen LogP contribution in [0.3, 0.4) is 0 Å². The Morgan fingerprint density at radius 2 is 1.86 bits per heavy atom. The van der Waals surface area contributed by atoms with Crippen molar-refractivity contribution in [3.05, 3.63) is 98.6 Å². The molecule has 3 rings (SSSR count). The average Bonchev–Trinajstić information content (AvgIpc) is 2.70. The number of amides is 1. The third-order valence-corrected chi connectivity index (χ3v) is 5.84. The Kier molecular flexibility index (Phi) is 6.90. The fourth-order valence-electron chi connectivity index (χ4n) is 2.82. The summed E-state index contributed by atoms with van der Waals surface area (Å²) in [4.78, 5) is 24.6. The first kappa shape index (κ1) is 20.9. The number of benzene rings is 3. The molecule has 3 aromatic rings. The SMILES string of the molecule is Cc1cccc(CCNC(=O)c2ccc(Sc3ccccc3Cl)c([N+](=O)[O-])c2)c1. The summed E-state index contributed by atoms with van der Waals surface area (Å²) in [6.07, 6.45) is 0.690. The van der Waals surface area contributed by atoms with Gasteiger partial charge >= 0.3 is 0 Å². The van der Waals surface area contributed by atoms with Crippen molar-refractivity contribution in [2.24, 2.45) is 0 Å². The van der Waals surface area contributed by atoms with Gasteiger partial charge in [-0.05, 0) is 43.2 Å². The van der Waals surface area contributed by atoms with Gasteiger partial charge < -0.3 is 5.32 Å². The van der Waals surface area contributed by atoms with Gasteiger partial charge in [0.1, 0.15) is 0 Å². The summed E-state index contributed by atoms with van der Waals surface area (Å²) in [6, 6.07) is 19.7. The maximum Gasteiger partial charge on any atom is 0.284 e. The number of nitro groups is 1. The number of halogens is 1. The normalized spacial score (nSPS) is 10.6. The van der Waals surface area contributed by atoms with Gasteiger partial charge in [0.25, 0.3) is 11.6 Å². The Balaban J connectivity index is 1.71. The number of hydrogen-bond donors (Lipinski definition) is 1. The number of nitrogens with one attached hydrogen (secondary N) is 1. The minimum Gasteiger partial charge on any atom is -0.352 e. The van der Waals surface area contributed by atoms with E-state index < -0.39 is 4.92 Å². The molecule has 5 nitrogen and oxygen atoms in total. The molecule has 0 atom stereocenters. The molecule has 0 heterocycles. The Labute approximate surface area is 178 Å². The lowest BCUT2D eigenvalue weighted by Gasteiger charge is -2.08. The summed E-state index contributed by atoms with van der Waals surface area (Å²) < 4.78 is 0. The van der Waals surface area contributed by atoms with Gasteiger partial charge in [0.15, 0.2) is 0 Å². The molecule has 0 aliphatic carbocycles. The molecule has 0 fully saturated rings. The van der Waals surface area contributed by atoms with E-state index in [4.69, 9.17) is 11.6 Å². The van der Waals surface area contributed by atoms with Crippen molar-refractivity contribution in [1.82, 2.24) is 5.32 Å². The molecule has 0 aliphatic rings. The van der Waals surface area contributed by atoms with Crippen molar-refractivity contribution in [2.45, 2.75) is 23.1 Å². The molecule has 0 unspecified atom stereocenters. The summed E-state index contributed by atoms with van der Waals surface area (Å²) in [5, 5.41) is 14.9. The van der Waals surface area contributed by atoms with Crippen LogP contribution in [0.15, 0.2) is 76.5 Å². The number of nitrogens with zero attached hydrogens (tertiary/aromatic N) is 1. The van der Waals surface area contributed by atoms with Gasteiger partial charge in [-0.3, -0.25) is 14.9 Å². The van der Waals surface area contributed by atoms with Crippen LogP contribution in [0, 0.1) is 17.0 Å². The molecule has 0 radical (unpaired) electrons. The third kappa shape index (κ3) is 5.59. The largest absolute Gasteiger partial charge is 0.352 e. The van der Waals surface area contributed by atoms with E-state index in [0.29, 0.717) is 27.8 Å². The van der Waals surface area contributed by atoms with E-state index >= 15 is 0 Å². The maximum atomic E-state index is 12.4. The molecule has 1 N–H and O–H groups in total. The summed E-state index contributed by atoms with van der Waals surface area (Å²) >= 11 is 7.35. The first-order valence-corrected chi connectivity index (χ1v) is 10.2. The van der Waals surface area contributed by atoms with Crippen LogP contribution in [0.4, 0.5) is 5.69 Å².